The van der Waals surface area contributed by atoms with E-state index in [4.69, 9.17) is 9.47 Å². The number of hydrogen-bond donors (Lipinski definition) is 2. The summed E-state index contributed by atoms with van der Waals surface area (Å²) in [7, 11) is 0. The van der Waals surface area contributed by atoms with E-state index in [1.54, 1.807) is 31.2 Å². The largest absolute Gasteiger partial charge is 0.484 e. The van der Waals surface area contributed by atoms with Gasteiger partial charge >= 0.3 is 6.09 Å². The van der Waals surface area contributed by atoms with E-state index in [0.717, 1.165) is 5.56 Å². The average molecular weight is 342 g/mol. The second-order valence-corrected chi connectivity index (χ2v) is 5.42. The summed E-state index contributed by atoms with van der Waals surface area (Å²) in [5.74, 6) is 0.268. The van der Waals surface area contributed by atoms with Crippen molar-refractivity contribution in [3.8, 4) is 5.75 Å². The molecule has 132 valence electrons. The summed E-state index contributed by atoms with van der Waals surface area (Å²) in [4.78, 5) is 23.3. The molecule has 0 fully saturated rings. The molecule has 2 rings (SSSR count). The Kier molecular flexibility index (Phi) is 6.83. The molecule has 0 aliphatic rings. The molecular formula is C19H22N2O4. The van der Waals surface area contributed by atoms with Crippen LogP contribution in [0.4, 0.5) is 10.5 Å². The lowest BCUT2D eigenvalue weighted by Gasteiger charge is -2.10. The third-order valence-electron chi connectivity index (χ3n) is 3.34. The summed E-state index contributed by atoms with van der Waals surface area (Å²) in [5.41, 5.74) is 2.74. The molecule has 2 aromatic rings. The summed E-state index contributed by atoms with van der Waals surface area (Å²) < 4.78 is 10.3. The molecule has 2 amide bonds. The van der Waals surface area contributed by atoms with Crippen molar-refractivity contribution < 1.29 is 19.1 Å². The lowest BCUT2D eigenvalue weighted by atomic mass is 10.1. The number of rotatable bonds is 7. The van der Waals surface area contributed by atoms with Crippen LogP contribution in [0.1, 0.15) is 18.1 Å². The number of carbonyl (C=O) groups is 2. The molecular weight excluding hydrogens is 320 g/mol. The second-order valence-electron chi connectivity index (χ2n) is 5.42. The SMILES string of the molecule is CCOC(=O)Nc1cccc(OCC(=O)NCc2ccc(C)cc2)c1. The van der Waals surface area contributed by atoms with Gasteiger partial charge in [-0.25, -0.2) is 4.79 Å². The minimum Gasteiger partial charge on any atom is -0.484 e. The van der Waals surface area contributed by atoms with E-state index < -0.39 is 6.09 Å². The van der Waals surface area contributed by atoms with Gasteiger partial charge in [-0.05, 0) is 31.5 Å². The van der Waals surface area contributed by atoms with E-state index >= 15 is 0 Å². The van der Waals surface area contributed by atoms with Gasteiger partial charge in [0, 0.05) is 18.3 Å². The monoisotopic (exact) mass is 342 g/mol. The normalized spacial score (nSPS) is 10.0. The number of carbonyl (C=O) groups excluding carboxylic acids is 2. The zero-order valence-corrected chi connectivity index (χ0v) is 14.4. The maximum absolute atomic E-state index is 11.9. The Morgan fingerprint density at radius 1 is 1.08 bits per heavy atom. The van der Waals surface area contributed by atoms with Crippen LogP contribution in [-0.4, -0.2) is 25.2 Å². The van der Waals surface area contributed by atoms with E-state index in [9.17, 15) is 9.59 Å². The molecule has 0 saturated carbocycles. The highest BCUT2D eigenvalue weighted by molar-refractivity contribution is 5.84. The van der Waals surface area contributed by atoms with Crippen LogP contribution in [0.15, 0.2) is 48.5 Å². The molecule has 0 heterocycles. The van der Waals surface area contributed by atoms with Crippen LogP contribution in [0.5, 0.6) is 5.75 Å². The molecule has 2 aromatic carbocycles. The molecule has 6 nitrogen and oxygen atoms in total. The maximum Gasteiger partial charge on any atom is 0.411 e. The smallest absolute Gasteiger partial charge is 0.411 e. The fourth-order valence-electron chi connectivity index (χ4n) is 2.06. The molecule has 0 aliphatic carbocycles. The lowest BCUT2D eigenvalue weighted by Crippen LogP contribution is -2.28. The minimum absolute atomic E-state index is 0.102. The maximum atomic E-state index is 11.9. The predicted octanol–water partition coefficient (Wildman–Crippen LogP) is 3.26. The molecule has 6 heteroatoms. The molecule has 2 N–H and O–H groups in total. The van der Waals surface area contributed by atoms with Crippen molar-refractivity contribution in [2.75, 3.05) is 18.5 Å². The van der Waals surface area contributed by atoms with Crippen LogP contribution in [-0.2, 0) is 16.1 Å². The zero-order valence-electron chi connectivity index (χ0n) is 14.4. The summed E-state index contributed by atoms with van der Waals surface area (Å²) in [6, 6.07) is 14.7. The molecule has 25 heavy (non-hydrogen) atoms. The summed E-state index contributed by atoms with van der Waals surface area (Å²) in [6.07, 6.45) is -0.532. The number of amides is 2. The van der Waals surface area contributed by atoms with E-state index in [0.29, 0.717) is 24.6 Å². The Balaban J connectivity index is 1.79. The molecule has 0 radical (unpaired) electrons. The van der Waals surface area contributed by atoms with Gasteiger partial charge in [0.1, 0.15) is 5.75 Å². The van der Waals surface area contributed by atoms with Gasteiger partial charge in [0.2, 0.25) is 0 Å². The van der Waals surface area contributed by atoms with Crippen molar-refractivity contribution in [2.45, 2.75) is 20.4 Å². The summed E-state index contributed by atoms with van der Waals surface area (Å²) >= 11 is 0. The molecule has 0 aliphatic heterocycles. The molecule has 0 bridgehead atoms. The van der Waals surface area contributed by atoms with E-state index in [1.165, 1.54) is 5.56 Å². The predicted molar refractivity (Wildman–Crippen MR) is 95.6 cm³/mol. The number of ether oxygens (including phenoxy) is 2. The standard InChI is InChI=1S/C19H22N2O4/c1-3-24-19(23)21-16-5-4-6-17(11-16)25-13-18(22)20-12-15-9-7-14(2)8-10-15/h4-11H,3,12-13H2,1-2H3,(H,20,22)(H,21,23). The van der Waals surface area contributed by atoms with Gasteiger partial charge < -0.3 is 14.8 Å². The Morgan fingerprint density at radius 3 is 2.56 bits per heavy atom. The first-order valence-electron chi connectivity index (χ1n) is 8.05. The Hall–Kier alpha value is -3.02. The highest BCUT2D eigenvalue weighted by Crippen LogP contribution is 2.17. The van der Waals surface area contributed by atoms with Gasteiger partial charge in [-0.15, -0.1) is 0 Å². The molecule has 0 saturated heterocycles. The van der Waals surface area contributed by atoms with Crippen molar-refractivity contribution in [3.05, 3.63) is 59.7 Å². The third kappa shape index (κ3) is 6.55. The van der Waals surface area contributed by atoms with E-state index in [1.807, 2.05) is 31.2 Å². The topological polar surface area (TPSA) is 76.7 Å². The lowest BCUT2D eigenvalue weighted by molar-refractivity contribution is -0.123. The highest BCUT2D eigenvalue weighted by atomic mass is 16.5. The quantitative estimate of drug-likeness (QED) is 0.810. The van der Waals surface area contributed by atoms with Crippen LogP contribution in [0.3, 0.4) is 0 Å². The molecule has 0 aromatic heterocycles. The van der Waals surface area contributed by atoms with E-state index in [-0.39, 0.29) is 12.5 Å². The average Bonchev–Trinajstić information content (AvgIpc) is 2.60. The first-order chi connectivity index (χ1) is 12.1. The van der Waals surface area contributed by atoms with Gasteiger partial charge in [0.15, 0.2) is 6.61 Å². The van der Waals surface area contributed by atoms with Gasteiger partial charge in [-0.3, -0.25) is 10.1 Å². The van der Waals surface area contributed by atoms with Crippen molar-refractivity contribution in [3.63, 3.8) is 0 Å². The Bertz CT molecular complexity index is 714. The number of hydrogen-bond acceptors (Lipinski definition) is 4. The first kappa shape index (κ1) is 18.3. The minimum atomic E-state index is -0.532. The Labute approximate surface area is 147 Å². The van der Waals surface area contributed by atoms with E-state index in [2.05, 4.69) is 10.6 Å². The molecule has 0 atom stereocenters. The van der Waals surface area contributed by atoms with Crippen LogP contribution >= 0.6 is 0 Å². The molecule has 0 unspecified atom stereocenters. The van der Waals surface area contributed by atoms with Crippen LogP contribution in [0, 0.1) is 6.92 Å². The second kappa shape index (κ2) is 9.32. The van der Waals surface area contributed by atoms with Crippen molar-refractivity contribution in [1.82, 2.24) is 5.32 Å². The van der Waals surface area contributed by atoms with Crippen molar-refractivity contribution in [1.29, 1.82) is 0 Å². The fraction of sp³-hybridized carbons (Fsp3) is 0.263. The number of nitrogens with one attached hydrogen (secondary N) is 2. The number of anilines is 1. The summed E-state index contributed by atoms with van der Waals surface area (Å²) in [5, 5.41) is 5.38. The zero-order chi connectivity index (χ0) is 18.1. The number of aryl methyl sites for hydroxylation is 1. The Morgan fingerprint density at radius 2 is 1.84 bits per heavy atom. The van der Waals surface area contributed by atoms with Crippen molar-refractivity contribution in [2.24, 2.45) is 0 Å². The highest BCUT2D eigenvalue weighted by Gasteiger charge is 2.06. The van der Waals surface area contributed by atoms with Gasteiger partial charge in [0.25, 0.3) is 5.91 Å². The van der Waals surface area contributed by atoms with Gasteiger partial charge in [0.05, 0.1) is 6.61 Å². The fourth-order valence-corrected chi connectivity index (χ4v) is 2.06. The van der Waals surface area contributed by atoms with Gasteiger partial charge in [-0.2, -0.15) is 0 Å². The van der Waals surface area contributed by atoms with Crippen LogP contribution in [0.25, 0.3) is 0 Å². The molecule has 0 spiro atoms. The van der Waals surface area contributed by atoms with Crippen LogP contribution in [0.2, 0.25) is 0 Å². The third-order valence-corrected chi connectivity index (χ3v) is 3.34. The van der Waals surface area contributed by atoms with Crippen LogP contribution < -0.4 is 15.4 Å². The first-order valence-corrected chi connectivity index (χ1v) is 8.05. The number of benzene rings is 2. The van der Waals surface area contributed by atoms with Gasteiger partial charge in [-0.1, -0.05) is 35.9 Å². The summed E-state index contributed by atoms with van der Waals surface area (Å²) in [6.45, 7) is 4.39. The van der Waals surface area contributed by atoms with Crippen molar-refractivity contribution >= 4 is 17.7 Å².